The molecule has 2 rings (SSSR count). The maximum atomic E-state index is 13.5. The van der Waals surface area contributed by atoms with Gasteiger partial charge in [-0.3, -0.25) is 0 Å². The number of hydrogen-bond acceptors (Lipinski definition) is 3. The van der Waals surface area contributed by atoms with Gasteiger partial charge in [0.05, 0.1) is 5.51 Å². The first-order valence-corrected chi connectivity index (χ1v) is 5.50. The van der Waals surface area contributed by atoms with Crippen molar-refractivity contribution in [1.29, 1.82) is 0 Å². The van der Waals surface area contributed by atoms with Crippen molar-refractivity contribution in [2.45, 2.75) is 0 Å². The summed E-state index contributed by atoms with van der Waals surface area (Å²) in [7, 11) is 0. The molecule has 0 spiro atoms. The Balaban J connectivity index is 2.58. The summed E-state index contributed by atoms with van der Waals surface area (Å²) < 4.78 is 14.2. The average molecular weight is 273 g/mol. The Labute approximate surface area is 92.7 Å². The summed E-state index contributed by atoms with van der Waals surface area (Å²) in [6, 6.07) is 4.82. The molecule has 0 amide bonds. The van der Waals surface area contributed by atoms with Crippen molar-refractivity contribution in [3.8, 4) is 11.3 Å². The average Bonchev–Trinajstić information content (AvgIpc) is 2.52. The van der Waals surface area contributed by atoms with Crippen LogP contribution in [0, 0.1) is 5.82 Å². The molecule has 0 atom stereocenters. The SMILES string of the molecule is Nc1scnc1-c1ccc(Br)cc1F. The number of benzene rings is 1. The van der Waals surface area contributed by atoms with E-state index in [-0.39, 0.29) is 5.82 Å². The molecule has 0 bridgehead atoms. The first kappa shape index (κ1) is 9.61. The minimum absolute atomic E-state index is 0.322. The largest absolute Gasteiger partial charge is 0.389 e. The summed E-state index contributed by atoms with van der Waals surface area (Å²) in [5.74, 6) is -0.322. The third-order valence-electron chi connectivity index (χ3n) is 1.78. The van der Waals surface area contributed by atoms with Gasteiger partial charge in [0.15, 0.2) is 0 Å². The van der Waals surface area contributed by atoms with Crippen LogP contribution in [-0.4, -0.2) is 4.98 Å². The van der Waals surface area contributed by atoms with Gasteiger partial charge >= 0.3 is 0 Å². The van der Waals surface area contributed by atoms with Crippen LogP contribution >= 0.6 is 27.3 Å². The van der Waals surface area contributed by atoms with Crippen LogP contribution in [-0.2, 0) is 0 Å². The normalized spacial score (nSPS) is 10.4. The van der Waals surface area contributed by atoms with Gasteiger partial charge in [0.1, 0.15) is 16.5 Å². The van der Waals surface area contributed by atoms with E-state index in [9.17, 15) is 4.39 Å². The molecule has 0 fully saturated rings. The van der Waals surface area contributed by atoms with Crippen molar-refractivity contribution in [1.82, 2.24) is 4.98 Å². The van der Waals surface area contributed by atoms with E-state index in [1.165, 1.54) is 17.4 Å². The lowest BCUT2D eigenvalue weighted by molar-refractivity contribution is 0.630. The molecule has 14 heavy (non-hydrogen) atoms. The van der Waals surface area contributed by atoms with Crippen molar-refractivity contribution < 1.29 is 4.39 Å². The Kier molecular flexibility index (Phi) is 2.52. The molecule has 0 saturated carbocycles. The summed E-state index contributed by atoms with van der Waals surface area (Å²) >= 11 is 4.49. The predicted molar refractivity (Wildman–Crippen MR) is 59.6 cm³/mol. The number of nitrogens with two attached hydrogens (primary N) is 1. The number of nitrogen functional groups attached to an aromatic ring is 1. The molecule has 1 aromatic heterocycles. The lowest BCUT2D eigenvalue weighted by atomic mass is 10.1. The van der Waals surface area contributed by atoms with E-state index in [0.29, 0.717) is 20.7 Å². The van der Waals surface area contributed by atoms with Gasteiger partial charge in [-0.2, -0.15) is 0 Å². The zero-order chi connectivity index (χ0) is 10.1. The van der Waals surface area contributed by atoms with Gasteiger partial charge in [0.2, 0.25) is 0 Å². The fourth-order valence-electron chi connectivity index (χ4n) is 1.14. The van der Waals surface area contributed by atoms with E-state index in [1.54, 1.807) is 17.6 Å². The lowest BCUT2D eigenvalue weighted by Gasteiger charge is -2.00. The maximum absolute atomic E-state index is 13.5. The van der Waals surface area contributed by atoms with Gasteiger partial charge in [-0.25, -0.2) is 9.37 Å². The van der Waals surface area contributed by atoms with Gasteiger partial charge < -0.3 is 5.73 Å². The standard InChI is InChI=1S/C9H6BrFN2S/c10-5-1-2-6(7(11)3-5)8-9(12)14-4-13-8/h1-4H,12H2. The fraction of sp³-hybridized carbons (Fsp3) is 0. The molecule has 0 aliphatic rings. The summed E-state index contributed by atoms with van der Waals surface area (Å²) in [6.45, 7) is 0. The molecule has 72 valence electrons. The van der Waals surface area contributed by atoms with Crippen LogP contribution in [0.4, 0.5) is 9.39 Å². The summed E-state index contributed by atoms with van der Waals surface area (Å²) in [6.07, 6.45) is 0. The zero-order valence-electron chi connectivity index (χ0n) is 7.00. The van der Waals surface area contributed by atoms with Crippen LogP contribution in [0.25, 0.3) is 11.3 Å². The van der Waals surface area contributed by atoms with Crippen LogP contribution in [0.15, 0.2) is 28.2 Å². The van der Waals surface area contributed by atoms with Gasteiger partial charge in [-0.15, -0.1) is 11.3 Å². The third-order valence-corrected chi connectivity index (χ3v) is 2.93. The second-order valence-electron chi connectivity index (χ2n) is 2.69. The summed E-state index contributed by atoms with van der Waals surface area (Å²) in [5, 5.41) is 0.534. The second kappa shape index (κ2) is 3.67. The van der Waals surface area contributed by atoms with E-state index in [2.05, 4.69) is 20.9 Å². The van der Waals surface area contributed by atoms with Crippen molar-refractivity contribution in [2.75, 3.05) is 5.73 Å². The highest BCUT2D eigenvalue weighted by Crippen LogP contribution is 2.30. The molecule has 2 nitrogen and oxygen atoms in total. The smallest absolute Gasteiger partial charge is 0.133 e. The van der Waals surface area contributed by atoms with Gasteiger partial charge in [-0.05, 0) is 18.2 Å². The molecular formula is C9H6BrFN2S. The molecule has 0 unspecified atom stereocenters. The van der Waals surface area contributed by atoms with E-state index in [0.717, 1.165) is 0 Å². The first-order chi connectivity index (χ1) is 6.68. The maximum Gasteiger partial charge on any atom is 0.133 e. The van der Waals surface area contributed by atoms with Gasteiger partial charge in [0.25, 0.3) is 0 Å². The molecule has 0 aliphatic carbocycles. The van der Waals surface area contributed by atoms with Crippen molar-refractivity contribution in [3.05, 3.63) is 34.0 Å². The van der Waals surface area contributed by atoms with Crippen LogP contribution in [0.1, 0.15) is 0 Å². The number of anilines is 1. The molecule has 0 radical (unpaired) electrons. The number of halogens is 2. The lowest BCUT2D eigenvalue weighted by Crippen LogP contribution is -1.89. The minimum atomic E-state index is -0.322. The minimum Gasteiger partial charge on any atom is -0.389 e. The van der Waals surface area contributed by atoms with Crippen LogP contribution in [0.5, 0.6) is 0 Å². The van der Waals surface area contributed by atoms with Crippen LogP contribution < -0.4 is 5.73 Å². The Morgan fingerprint density at radius 2 is 2.21 bits per heavy atom. The second-order valence-corrected chi connectivity index (χ2v) is 4.49. The van der Waals surface area contributed by atoms with Crippen molar-refractivity contribution in [2.24, 2.45) is 0 Å². The number of nitrogens with zero attached hydrogens (tertiary/aromatic N) is 1. The van der Waals surface area contributed by atoms with Crippen molar-refractivity contribution in [3.63, 3.8) is 0 Å². The highest BCUT2D eigenvalue weighted by atomic mass is 79.9. The molecule has 5 heteroatoms. The van der Waals surface area contributed by atoms with E-state index < -0.39 is 0 Å². The predicted octanol–water partition coefficient (Wildman–Crippen LogP) is 3.29. The highest BCUT2D eigenvalue weighted by Gasteiger charge is 2.10. The molecule has 2 N–H and O–H groups in total. The van der Waals surface area contributed by atoms with Crippen LogP contribution in [0.2, 0.25) is 0 Å². The fourth-order valence-corrected chi connectivity index (χ4v) is 2.02. The van der Waals surface area contributed by atoms with Crippen molar-refractivity contribution >= 4 is 32.3 Å². The highest BCUT2D eigenvalue weighted by molar-refractivity contribution is 9.10. The van der Waals surface area contributed by atoms with Gasteiger partial charge in [-0.1, -0.05) is 15.9 Å². The third kappa shape index (κ3) is 1.65. The molecular weight excluding hydrogens is 267 g/mol. The quantitative estimate of drug-likeness (QED) is 0.865. The number of thiazole rings is 1. The summed E-state index contributed by atoms with van der Waals surface area (Å²) in [4.78, 5) is 4.01. The molecule has 1 heterocycles. The molecule has 2 aromatic rings. The molecule has 0 aliphatic heterocycles. The van der Waals surface area contributed by atoms with Gasteiger partial charge in [0, 0.05) is 10.0 Å². The topological polar surface area (TPSA) is 38.9 Å². The Bertz CT molecular complexity index is 470. The number of hydrogen-bond donors (Lipinski definition) is 1. The van der Waals surface area contributed by atoms with Crippen LogP contribution in [0.3, 0.4) is 0 Å². The first-order valence-electron chi connectivity index (χ1n) is 3.83. The summed E-state index contributed by atoms with van der Waals surface area (Å²) in [5.41, 5.74) is 8.21. The Morgan fingerprint density at radius 3 is 2.79 bits per heavy atom. The Hall–Kier alpha value is -0.940. The Morgan fingerprint density at radius 1 is 1.43 bits per heavy atom. The number of aromatic nitrogens is 1. The zero-order valence-corrected chi connectivity index (χ0v) is 9.40. The number of rotatable bonds is 1. The molecule has 1 aromatic carbocycles. The van der Waals surface area contributed by atoms with E-state index in [4.69, 9.17) is 5.73 Å². The monoisotopic (exact) mass is 272 g/mol. The van der Waals surface area contributed by atoms with E-state index in [1.807, 2.05) is 0 Å². The van der Waals surface area contributed by atoms with E-state index >= 15 is 0 Å². The molecule has 0 saturated heterocycles.